The Kier molecular flexibility index (Phi) is 5.22. The second-order valence-corrected chi connectivity index (χ2v) is 8.03. The van der Waals surface area contributed by atoms with E-state index in [9.17, 15) is 15.0 Å². The van der Waals surface area contributed by atoms with Gasteiger partial charge in [0.2, 0.25) is 0 Å². The zero-order valence-electron chi connectivity index (χ0n) is 17.7. The van der Waals surface area contributed by atoms with Gasteiger partial charge in [0.1, 0.15) is 17.1 Å². The topological polar surface area (TPSA) is 108 Å². The van der Waals surface area contributed by atoms with Gasteiger partial charge in [-0.3, -0.25) is 9.89 Å². The molecule has 8 heteroatoms. The second-order valence-electron chi connectivity index (χ2n) is 8.03. The number of amides is 1. The number of phenolic OH excluding ortho intramolecular Hbond substituents is 2. The van der Waals surface area contributed by atoms with Crippen LogP contribution in [0.25, 0.3) is 11.3 Å². The van der Waals surface area contributed by atoms with Crippen molar-refractivity contribution in [3.05, 3.63) is 59.3 Å². The molecule has 0 bridgehead atoms. The Balaban J connectivity index is 1.65. The first-order valence-corrected chi connectivity index (χ1v) is 10.8. The van der Waals surface area contributed by atoms with Crippen molar-refractivity contribution in [3.8, 4) is 28.5 Å². The van der Waals surface area contributed by atoms with Crippen LogP contribution in [0, 0.1) is 0 Å². The number of ether oxygens (including phenoxy) is 2. The zero-order chi connectivity index (χ0) is 22.2. The number of H-pyrrole nitrogens is 1. The van der Waals surface area contributed by atoms with Gasteiger partial charge in [-0.1, -0.05) is 18.2 Å². The van der Waals surface area contributed by atoms with Gasteiger partial charge >= 0.3 is 0 Å². The first-order chi connectivity index (χ1) is 15.6. The Bertz CT molecular complexity index is 1150. The fourth-order valence-electron chi connectivity index (χ4n) is 4.59. The summed E-state index contributed by atoms with van der Waals surface area (Å²) in [6.45, 7) is 3.39. The normalized spacial score (nSPS) is 20.0. The largest absolute Gasteiger partial charge is 0.507 e. The number of aromatic hydroxyl groups is 2. The standard InChI is InChI=1S/C24H25N3O5/c1-2-31-19-12-14(9-10-18(19)29)23-20-21(16-7-3-4-8-17(16)28)25-26-22(20)24(30)27(23)13-15-6-5-11-32-15/h3-4,7-10,12,15,23,28-29H,2,5-6,11,13H2,1H3,(H,25,26)/t15-,23-/m0/s1. The van der Waals surface area contributed by atoms with Crippen LogP contribution in [0.4, 0.5) is 0 Å². The highest BCUT2D eigenvalue weighted by Gasteiger charge is 2.43. The van der Waals surface area contributed by atoms with Crippen molar-refractivity contribution in [3.63, 3.8) is 0 Å². The van der Waals surface area contributed by atoms with Crippen LogP contribution in [-0.4, -0.2) is 57.1 Å². The molecule has 3 heterocycles. The molecule has 2 aromatic carbocycles. The minimum Gasteiger partial charge on any atom is -0.507 e. The minimum atomic E-state index is -0.463. The van der Waals surface area contributed by atoms with E-state index in [1.54, 1.807) is 41.3 Å². The number of aromatic nitrogens is 2. The van der Waals surface area contributed by atoms with E-state index >= 15 is 0 Å². The van der Waals surface area contributed by atoms with Crippen LogP contribution in [0.2, 0.25) is 0 Å². The van der Waals surface area contributed by atoms with E-state index in [-0.39, 0.29) is 23.5 Å². The Morgan fingerprint density at radius 1 is 1.22 bits per heavy atom. The quantitative estimate of drug-likeness (QED) is 0.546. The van der Waals surface area contributed by atoms with Crippen LogP contribution in [-0.2, 0) is 4.74 Å². The number of aromatic amines is 1. The molecule has 0 saturated carbocycles. The van der Waals surface area contributed by atoms with Crippen LogP contribution < -0.4 is 4.74 Å². The van der Waals surface area contributed by atoms with Gasteiger partial charge in [-0.25, -0.2) is 0 Å². The van der Waals surface area contributed by atoms with Crippen molar-refractivity contribution in [2.75, 3.05) is 19.8 Å². The first kappa shape index (κ1) is 20.4. The number of fused-ring (bicyclic) bond motifs is 1. The molecule has 3 aromatic rings. The Labute approximate surface area is 185 Å². The van der Waals surface area contributed by atoms with Crippen molar-refractivity contribution in [1.82, 2.24) is 15.1 Å². The van der Waals surface area contributed by atoms with Gasteiger partial charge in [0, 0.05) is 24.3 Å². The van der Waals surface area contributed by atoms with Gasteiger partial charge in [-0.2, -0.15) is 5.10 Å². The molecule has 32 heavy (non-hydrogen) atoms. The number of phenols is 2. The molecular formula is C24H25N3O5. The fourth-order valence-corrected chi connectivity index (χ4v) is 4.59. The number of carbonyl (C=O) groups is 1. The van der Waals surface area contributed by atoms with Crippen molar-refractivity contribution < 1.29 is 24.5 Å². The first-order valence-electron chi connectivity index (χ1n) is 10.8. The predicted octanol–water partition coefficient (Wildman–Crippen LogP) is 3.61. The lowest BCUT2D eigenvalue weighted by atomic mass is 9.95. The molecular weight excluding hydrogens is 410 g/mol. The highest BCUT2D eigenvalue weighted by Crippen LogP contribution is 2.46. The van der Waals surface area contributed by atoms with Crippen LogP contribution >= 0.6 is 0 Å². The monoisotopic (exact) mass is 435 g/mol. The summed E-state index contributed by atoms with van der Waals surface area (Å²) < 4.78 is 11.4. The fraction of sp³-hybridized carbons (Fsp3) is 0.333. The number of hydrogen-bond acceptors (Lipinski definition) is 6. The second kappa shape index (κ2) is 8.20. The molecule has 0 radical (unpaired) electrons. The van der Waals surface area contributed by atoms with Gasteiger partial charge in [0.05, 0.1) is 18.8 Å². The summed E-state index contributed by atoms with van der Waals surface area (Å²) in [5, 5.41) is 27.9. The summed E-state index contributed by atoms with van der Waals surface area (Å²) in [5.74, 6) is 0.321. The predicted molar refractivity (Wildman–Crippen MR) is 117 cm³/mol. The summed E-state index contributed by atoms with van der Waals surface area (Å²) in [5.41, 5.74) is 2.96. The Morgan fingerprint density at radius 3 is 2.81 bits per heavy atom. The van der Waals surface area contributed by atoms with Crippen molar-refractivity contribution in [1.29, 1.82) is 0 Å². The Morgan fingerprint density at radius 2 is 2.06 bits per heavy atom. The summed E-state index contributed by atoms with van der Waals surface area (Å²) in [6.07, 6.45) is 1.84. The molecule has 2 aliphatic rings. The van der Waals surface area contributed by atoms with Crippen molar-refractivity contribution >= 4 is 5.91 Å². The van der Waals surface area contributed by atoms with Gasteiger partial charge in [-0.15, -0.1) is 0 Å². The summed E-state index contributed by atoms with van der Waals surface area (Å²) in [6, 6.07) is 11.6. The maximum Gasteiger partial charge on any atom is 0.273 e. The maximum atomic E-state index is 13.4. The van der Waals surface area contributed by atoms with Crippen LogP contribution in [0.3, 0.4) is 0 Å². The highest BCUT2D eigenvalue weighted by atomic mass is 16.5. The number of nitrogens with zero attached hydrogens (tertiary/aromatic N) is 2. The molecule has 2 atom stereocenters. The number of benzene rings is 2. The van der Waals surface area contributed by atoms with E-state index in [1.807, 2.05) is 13.0 Å². The molecule has 0 aliphatic carbocycles. The molecule has 0 spiro atoms. The van der Waals surface area contributed by atoms with Crippen LogP contribution in [0.15, 0.2) is 42.5 Å². The molecule has 2 aliphatic heterocycles. The van der Waals surface area contributed by atoms with E-state index in [2.05, 4.69) is 10.2 Å². The van der Waals surface area contributed by atoms with E-state index in [4.69, 9.17) is 9.47 Å². The number of nitrogens with one attached hydrogen (secondary N) is 1. The lowest BCUT2D eigenvalue weighted by Gasteiger charge is -2.29. The third-order valence-electron chi connectivity index (χ3n) is 6.05. The van der Waals surface area contributed by atoms with E-state index in [0.29, 0.717) is 48.0 Å². The van der Waals surface area contributed by atoms with Gasteiger partial charge < -0.3 is 24.6 Å². The van der Waals surface area contributed by atoms with Crippen LogP contribution in [0.1, 0.15) is 47.4 Å². The molecule has 1 fully saturated rings. The number of carbonyl (C=O) groups excluding carboxylic acids is 1. The van der Waals surface area contributed by atoms with E-state index in [0.717, 1.165) is 18.4 Å². The van der Waals surface area contributed by atoms with E-state index in [1.165, 1.54) is 0 Å². The molecule has 1 saturated heterocycles. The third kappa shape index (κ3) is 3.36. The third-order valence-corrected chi connectivity index (χ3v) is 6.05. The summed E-state index contributed by atoms with van der Waals surface area (Å²) >= 11 is 0. The van der Waals surface area contributed by atoms with Gasteiger partial charge in [0.15, 0.2) is 11.5 Å². The lowest BCUT2D eigenvalue weighted by molar-refractivity contribution is 0.0495. The molecule has 166 valence electrons. The minimum absolute atomic E-state index is 0.0320. The van der Waals surface area contributed by atoms with Gasteiger partial charge in [-0.05, 0) is 49.6 Å². The van der Waals surface area contributed by atoms with Crippen LogP contribution in [0.5, 0.6) is 17.2 Å². The molecule has 8 nitrogen and oxygen atoms in total. The van der Waals surface area contributed by atoms with Gasteiger partial charge in [0.25, 0.3) is 5.91 Å². The van der Waals surface area contributed by atoms with Crippen molar-refractivity contribution in [2.45, 2.75) is 31.9 Å². The average molecular weight is 435 g/mol. The van der Waals surface area contributed by atoms with E-state index < -0.39 is 6.04 Å². The number of hydrogen-bond donors (Lipinski definition) is 3. The number of para-hydroxylation sites is 1. The smallest absolute Gasteiger partial charge is 0.273 e. The molecule has 5 rings (SSSR count). The van der Waals surface area contributed by atoms with Crippen molar-refractivity contribution in [2.24, 2.45) is 0 Å². The highest BCUT2D eigenvalue weighted by molar-refractivity contribution is 6.00. The average Bonchev–Trinajstić information content (AvgIpc) is 3.50. The zero-order valence-corrected chi connectivity index (χ0v) is 17.7. The summed E-state index contributed by atoms with van der Waals surface area (Å²) in [7, 11) is 0. The molecule has 1 aromatic heterocycles. The molecule has 3 N–H and O–H groups in total. The summed E-state index contributed by atoms with van der Waals surface area (Å²) in [4.78, 5) is 15.2. The molecule has 1 amide bonds. The Hall–Kier alpha value is -3.52. The number of rotatable bonds is 6. The SMILES string of the molecule is CCOc1cc([C@H]2c3c(-c4ccccc4O)n[nH]c3C(=O)N2C[C@@H]2CCCO2)ccc1O. The molecule has 0 unspecified atom stereocenters. The maximum absolute atomic E-state index is 13.4. The lowest BCUT2D eigenvalue weighted by Crippen LogP contribution is -2.36.